The molecule has 3 heteroatoms. The molecule has 0 bridgehead atoms. The molecule has 0 N–H and O–H groups in total. The van der Waals surface area contributed by atoms with Crippen LogP contribution in [0.15, 0.2) is 36.5 Å². The van der Waals surface area contributed by atoms with Crippen molar-refractivity contribution in [3.63, 3.8) is 0 Å². The van der Waals surface area contributed by atoms with E-state index in [1.165, 1.54) is 31.7 Å². The summed E-state index contributed by atoms with van der Waals surface area (Å²) in [6.45, 7) is 0. The molecule has 2 aromatic rings. The lowest BCUT2D eigenvalue weighted by Crippen LogP contribution is -2.09. The molecule has 1 radical (unpaired) electrons. The fraction of sp³-hybridized carbons (Fsp3) is 0.400. The van der Waals surface area contributed by atoms with Crippen molar-refractivity contribution in [3.8, 4) is 11.3 Å². The van der Waals surface area contributed by atoms with Gasteiger partial charge < -0.3 is 0 Å². The van der Waals surface area contributed by atoms with Crippen LogP contribution in [0.5, 0.6) is 0 Å². The first-order valence-corrected chi connectivity index (χ1v) is 6.76. The number of hydrogen-bond acceptors (Lipinski definition) is 2. The molecule has 1 heterocycles. The second-order valence-corrected chi connectivity index (χ2v) is 4.89. The second kappa shape index (κ2) is 5.34. The summed E-state index contributed by atoms with van der Waals surface area (Å²) in [5.41, 5.74) is 2.10. The van der Waals surface area contributed by atoms with Gasteiger partial charge in [0.1, 0.15) is 5.69 Å². The maximum absolute atomic E-state index is 4.29. The van der Waals surface area contributed by atoms with Gasteiger partial charge in [0, 0.05) is 5.56 Å². The average molecular weight is 240 g/mol. The van der Waals surface area contributed by atoms with Crippen LogP contribution in [0.3, 0.4) is 0 Å². The summed E-state index contributed by atoms with van der Waals surface area (Å²) in [7, 11) is 0. The van der Waals surface area contributed by atoms with Gasteiger partial charge in [0.15, 0.2) is 0 Å². The van der Waals surface area contributed by atoms with Crippen LogP contribution in [0.2, 0.25) is 0 Å². The number of aromatic nitrogens is 3. The Bertz CT molecular complexity index is 481. The zero-order valence-corrected chi connectivity index (χ0v) is 10.5. The van der Waals surface area contributed by atoms with Crippen molar-refractivity contribution in [1.29, 1.82) is 0 Å². The van der Waals surface area contributed by atoms with Crippen LogP contribution in [0.1, 0.15) is 38.5 Å². The van der Waals surface area contributed by atoms with Crippen molar-refractivity contribution < 1.29 is 0 Å². The van der Waals surface area contributed by atoms with Crippen molar-refractivity contribution >= 4 is 0 Å². The van der Waals surface area contributed by atoms with Crippen molar-refractivity contribution in [1.82, 2.24) is 15.0 Å². The molecule has 1 aromatic carbocycles. The Kier molecular flexibility index (Phi) is 3.40. The predicted molar refractivity (Wildman–Crippen MR) is 71.8 cm³/mol. The highest BCUT2D eigenvalue weighted by molar-refractivity contribution is 5.57. The van der Waals surface area contributed by atoms with E-state index in [9.17, 15) is 0 Å². The summed E-state index contributed by atoms with van der Waals surface area (Å²) in [6, 6.07) is 11.7. The van der Waals surface area contributed by atoms with Gasteiger partial charge in [0.25, 0.3) is 0 Å². The van der Waals surface area contributed by atoms with Crippen LogP contribution < -0.4 is 0 Å². The molecule has 1 aliphatic rings. The molecule has 1 saturated carbocycles. The highest BCUT2D eigenvalue weighted by Gasteiger charge is 2.16. The van der Waals surface area contributed by atoms with Gasteiger partial charge in [-0.2, -0.15) is 0 Å². The lowest BCUT2D eigenvalue weighted by Gasteiger charge is -2.11. The third kappa shape index (κ3) is 2.45. The molecule has 1 aromatic heterocycles. The van der Waals surface area contributed by atoms with Crippen molar-refractivity contribution in [3.05, 3.63) is 42.6 Å². The molecule has 1 fully saturated rings. The van der Waals surface area contributed by atoms with Gasteiger partial charge in [-0.3, -0.25) is 0 Å². The smallest absolute Gasteiger partial charge is 0.113 e. The summed E-state index contributed by atoms with van der Waals surface area (Å²) in [5.74, 6) is 0. The van der Waals surface area contributed by atoms with Gasteiger partial charge in [-0.15, -0.1) is 5.10 Å². The molecule has 0 spiro atoms. The quantitative estimate of drug-likeness (QED) is 0.750. The van der Waals surface area contributed by atoms with E-state index in [1.54, 1.807) is 0 Å². The topological polar surface area (TPSA) is 30.7 Å². The first-order chi connectivity index (χ1) is 8.93. The summed E-state index contributed by atoms with van der Waals surface area (Å²) in [6.07, 6.45) is 9.67. The second-order valence-electron chi connectivity index (χ2n) is 4.89. The van der Waals surface area contributed by atoms with Gasteiger partial charge in [-0.1, -0.05) is 61.2 Å². The third-order valence-electron chi connectivity index (χ3n) is 3.57. The van der Waals surface area contributed by atoms with E-state index in [1.807, 2.05) is 22.9 Å². The van der Waals surface area contributed by atoms with Crippen molar-refractivity contribution in [2.45, 2.75) is 38.5 Å². The Morgan fingerprint density at radius 1 is 0.889 bits per heavy atom. The van der Waals surface area contributed by atoms with E-state index in [2.05, 4.69) is 28.6 Å². The Morgan fingerprint density at radius 2 is 1.61 bits per heavy atom. The SMILES string of the molecule is c1ccc(-c2cn([C]3CCCCCC3)nn2)cc1. The molecule has 3 rings (SSSR count). The molecular weight excluding hydrogens is 222 g/mol. The molecule has 18 heavy (non-hydrogen) atoms. The maximum atomic E-state index is 4.29. The molecule has 3 nitrogen and oxygen atoms in total. The zero-order chi connectivity index (χ0) is 12.2. The third-order valence-corrected chi connectivity index (χ3v) is 3.57. The van der Waals surface area contributed by atoms with Gasteiger partial charge in [-0.05, 0) is 12.8 Å². The van der Waals surface area contributed by atoms with Gasteiger partial charge in [0.2, 0.25) is 0 Å². The predicted octanol–water partition coefficient (Wildman–Crippen LogP) is 3.68. The lowest BCUT2D eigenvalue weighted by atomic mass is 10.1. The minimum atomic E-state index is 0.965. The van der Waals surface area contributed by atoms with Crippen LogP contribution in [-0.4, -0.2) is 15.0 Å². The van der Waals surface area contributed by atoms with Crippen LogP contribution in [0.25, 0.3) is 11.3 Å². The van der Waals surface area contributed by atoms with Crippen LogP contribution in [-0.2, 0) is 0 Å². The Hall–Kier alpha value is -1.64. The minimum Gasteiger partial charge on any atom is -0.243 e. The van der Waals surface area contributed by atoms with Gasteiger partial charge >= 0.3 is 0 Å². The molecule has 0 saturated heterocycles. The van der Waals surface area contributed by atoms with E-state index >= 15 is 0 Å². The molecule has 0 amide bonds. The normalized spacial score (nSPS) is 17.6. The van der Waals surface area contributed by atoms with E-state index in [0.717, 1.165) is 24.1 Å². The molecule has 0 atom stereocenters. The minimum absolute atomic E-state index is 0.965. The molecule has 0 aliphatic heterocycles. The standard InChI is InChI=1S/C15H18N3/c1-2-7-11-14(10-6-1)18-12-15(16-17-18)13-8-4-3-5-9-13/h3-5,8-9,12H,1-2,6-7,10-11H2. The Labute approximate surface area is 108 Å². The molecule has 1 aliphatic carbocycles. The monoisotopic (exact) mass is 240 g/mol. The number of rotatable bonds is 2. The van der Waals surface area contributed by atoms with Gasteiger partial charge in [-0.25, -0.2) is 4.68 Å². The number of hydrogen-bond donors (Lipinski definition) is 0. The van der Waals surface area contributed by atoms with Gasteiger partial charge in [0.05, 0.1) is 12.2 Å². The van der Waals surface area contributed by atoms with Crippen LogP contribution >= 0.6 is 0 Å². The van der Waals surface area contributed by atoms with Crippen molar-refractivity contribution in [2.75, 3.05) is 0 Å². The molecule has 0 unspecified atom stereocenters. The highest BCUT2D eigenvalue weighted by atomic mass is 15.4. The number of benzene rings is 1. The fourth-order valence-electron chi connectivity index (χ4n) is 2.53. The number of nitrogens with zero attached hydrogens (tertiary/aromatic N) is 3. The maximum Gasteiger partial charge on any atom is 0.113 e. The fourth-order valence-corrected chi connectivity index (χ4v) is 2.53. The van der Waals surface area contributed by atoms with E-state index in [-0.39, 0.29) is 0 Å². The van der Waals surface area contributed by atoms with E-state index < -0.39 is 0 Å². The van der Waals surface area contributed by atoms with E-state index in [4.69, 9.17) is 0 Å². The molecule has 93 valence electrons. The lowest BCUT2D eigenvalue weighted by molar-refractivity contribution is 0.563. The summed E-state index contributed by atoms with van der Waals surface area (Å²) in [5, 5.41) is 8.57. The Balaban J connectivity index is 1.80. The average Bonchev–Trinajstić information content (AvgIpc) is 2.76. The van der Waals surface area contributed by atoms with Crippen molar-refractivity contribution in [2.24, 2.45) is 0 Å². The molecular formula is C15H18N3. The van der Waals surface area contributed by atoms with Crippen LogP contribution in [0.4, 0.5) is 0 Å². The zero-order valence-electron chi connectivity index (χ0n) is 10.5. The highest BCUT2D eigenvalue weighted by Crippen LogP contribution is 2.26. The first kappa shape index (κ1) is 11.5. The van der Waals surface area contributed by atoms with E-state index in [0.29, 0.717) is 0 Å². The Morgan fingerprint density at radius 3 is 2.33 bits per heavy atom. The summed E-state index contributed by atoms with van der Waals surface area (Å²) in [4.78, 5) is 0. The van der Waals surface area contributed by atoms with Crippen LogP contribution in [0, 0.1) is 6.04 Å². The largest absolute Gasteiger partial charge is 0.243 e. The summed E-state index contributed by atoms with van der Waals surface area (Å²) >= 11 is 0. The first-order valence-electron chi connectivity index (χ1n) is 6.76. The summed E-state index contributed by atoms with van der Waals surface area (Å²) < 4.78 is 1.99.